The van der Waals surface area contributed by atoms with Gasteiger partial charge in [0.2, 0.25) is 20.0 Å². The van der Waals surface area contributed by atoms with E-state index < -0.39 is 20.0 Å². The number of benzene rings is 2. The number of oxime groups is 2. The fourth-order valence-electron chi connectivity index (χ4n) is 9.85. The van der Waals surface area contributed by atoms with Gasteiger partial charge in [0.25, 0.3) is 0 Å². The van der Waals surface area contributed by atoms with Crippen LogP contribution in [-0.2, 0) is 29.7 Å². The number of likely N-dealkylation sites (tertiary alicyclic amines) is 2. The first-order chi connectivity index (χ1) is 26.7. The molecule has 2 aromatic carbocycles. The molecule has 4 heterocycles. The predicted molar refractivity (Wildman–Crippen MR) is 220 cm³/mol. The van der Waals surface area contributed by atoms with Gasteiger partial charge in [-0.25, -0.2) is 16.8 Å². The lowest BCUT2D eigenvalue weighted by molar-refractivity contribution is 0.121. The number of hydrogen-bond acceptors (Lipinski definition) is 10. The molecule has 0 N–H and O–H groups in total. The highest BCUT2D eigenvalue weighted by molar-refractivity contribution is 7.89. The molecule has 6 atom stereocenters. The topological polar surface area (TPSA) is 124 Å². The number of rotatable bonds is 12. The largest absolute Gasteiger partial charge is 0.395 e. The Labute approximate surface area is 335 Å². The maximum absolute atomic E-state index is 14.3. The van der Waals surface area contributed by atoms with E-state index in [-0.39, 0.29) is 33.5 Å². The van der Waals surface area contributed by atoms with Gasteiger partial charge in [-0.3, -0.25) is 0 Å². The van der Waals surface area contributed by atoms with E-state index in [1.165, 1.54) is 6.42 Å². The lowest BCUT2D eigenvalue weighted by atomic mass is 9.83. The van der Waals surface area contributed by atoms with E-state index in [0.29, 0.717) is 85.2 Å². The predicted octanol–water partition coefficient (Wildman–Crippen LogP) is 5.84. The third kappa shape index (κ3) is 8.75. The van der Waals surface area contributed by atoms with Crippen molar-refractivity contribution in [3.05, 3.63) is 58.7 Å². The van der Waals surface area contributed by atoms with Gasteiger partial charge >= 0.3 is 0 Å². The zero-order valence-electron chi connectivity index (χ0n) is 34.2. The van der Waals surface area contributed by atoms with Gasteiger partial charge in [-0.15, -0.1) is 0 Å². The average Bonchev–Trinajstić information content (AvgIpc) is 3.77. The molecule has 12 nitrogen and oxygen atoms in total. The minimum Gasteiger partial charge on any atom is -0.395 e. The molecule has 4 aliphatic heterocycles. The van der Waals surface area contributed by atoms with E-state index in [1.807, 2.05) is 0 Å². The zero-order valence-corrected chi connectivity index (χ0v) is 35.8. The van der Waals surface area contributed by atoms with Crippen LogP contribution in [0, 0.1) is 23.7 Å². The van der Waals surface area contributed by atoms with Crippen molar-refractivity contribution in [3.63, 3.8) is 0 Å². The summed E-state index contributed by atoms with van der Waals surface area (Å²) in [5, 5.41) is 9.47. The van der Waals surface area contributed by atoms with Crippen LogP contribution in [0.25, 0.3) is 0 Å². The van der Waals surface area contributed by atoms with Crippen LogP contribution in [0.5, 0.6) is 0 Å². The molecular formula is C42H62N6O6S2. The summed E-state index contributed by atoms with van der Waals surface area (Å²) in [4.78, 5) is 17.2. The second-order valence-corrected chi connectivity index (χ2v) is 21.5. The molecule has 5 aliphatic rings. The molecule has 0 spiro atoms. The first kappa shape index (κ1) is 41.3. The number of sulfonamides is 2. The molecule has 7 rings (SSSR count). The summed E-state index contributed by atoms with van der Waals surface area (Å²) >= 11 is 0. The Hall–Kier alpha value is -2.88. The second kappa shape index (κ2) is 17.1. The Balaban J connectivity index is 1.31. The van der Waals surface area contributed by atoms with Crippen LogP contribution in [0.1, 0.15) is 101 Å². The molecule has 6 unspecified atom stereocenters. The van der Waals surface area contributed by atoms with Gasteiger partial charge in [0.1, 0.15) is 24.6 Å². The normalized spacial score (nSPS) is 28.2. The van der Waals surface area contributed by atoms with Crippen molar-refractivity contribution in [1.82, 2.24) is 18.4 Å². The summed E-state index contributed by atoms with van der Waals surface area (Å²) in [6.45, 7) is 13.1. The molecule has 14 heteroatoms. The smallest absolute Gasteiger partial charge is 0.243 e. The molecule has 0 aromatic heterocycles. The lowest BCUT2D eigenvalue weighted by Gasteiger charge is -2.34. The van der Waals surface area contributed by atoms with Gasteiger partial charge in [-0.1, -0.05) is 50.1 Å². The monoisotopic (exact) mass is 810 g/mol. The summed E-state index contributed by atoms with van der Waals surface area (Å²) in [6, 6.07) is 11.1. The Morgan fingerprint density at radius 1 is 0.589 bits per heavy atom. The SMILES string of the molecule is CC1CC(C)CN(S(=O)(=O)c2ccc3c(c2)C(=NOCCC2CCCN2C)c2cc(S(=O)(=O)N4CC(C)CC(C)C4)ccc2C3=NOCCC2CCCN2C)C1. The van der Waals surface area contributed by atoms with Crippen LogP contribution in [0.4, 0.5) is 0 Å². The van der Waals surface area contributed by atoms with Crippen LogP contribution in [0.3, 0.4) is 0 Å². The molecule has 0 radical (unpaired) electrons. The van der Waals surface area contributed by atoms with Crippen LogP contribution < -0.4 is 0 Å². The average molecular weight is 811 g/mol. The zero-order chi connectivity index (χ0) is 39.8. The fraction of sp³-hybridized carbons (Fsp3) is 0.667. The Kier molecular flexibility index (Phi) is 12.6. The van der Waals surface area contributed by atoms with E-state index in [1.54, 1.807) is 45.0 Å². The van der Waals surface area contributed by atoms with E-state index >= 15 is 0 Å². The van der Waals surface area contributed by atoms with Gasteiger partial charge in [0.15, 0.2) is 0 Å². The summed E-state index contributed by atoms with van der Waals surface area (Å²) in [5.41, 5.74) is 3.24. The molecule has 1 aliphatic carbocycles. The molecule has 0 saturated carbocycles. The molecule has 0 bridgehead atoms. The molecule has 4 saturated heterocycles. The summed E-state index contributed by atoms with van der Waals surface area (Å²) in [6.07, 6.45) is 8.12. The number of hydrogen-bond donors (Lipinski definition) is 0. The first-order valence-corrected chi connectivity index (χ1v) is 23.7. The highest BCUT2D eigenvalue weighted by atomic mass is 32.2. The molecule has 4 fully saturated rings. The molecule has 0 amide bonds. The Bertz CT molecular complexity index is 1890. The minimum atomic E-state index is -3.86. The summed E-state index contributed by atoms with van der Waals surface area (Å²) < 4.78 is 60.5. The summed E-state index contributed by atoms with van der Waals surface area (Å²) in [7, 11) is -3.45. The third-order valence-electron chi connectivity index (χ3n) is 12.7. The highest BCUT2D eigenvalue weighted by Gasteiger charge is 2.37. The van der Waals surface area contributed by atoms with Crippen LogP contribution in [0.15, 0.2) is 56.5 Å². The maximum atomic E-state index is 14.3. The Morgan fingerprint density at radius 2 is 0.964 bits per heavy atom. The van der Waals surface area contributed by atoms with E-state index in [4.69, 9.17) is 20.0 Å². The summed E-state index contributed by atoms with van der Waals surface area (Å²) in [5.74, 6) is 0.976. The van der Waals surface area contributed by atoms with Crippen LogP contribution >= 0.6 is 0 Å². The van der Waals surface area contributed by atoms with Gasteiger partial charge in [-0.05, 0) is 126 Å². The van der Waals surface area contributed by atoms with Crippen molar-refractivity contribution in [1.29, 1.82) is 0 Å². The third-order valence-corrected chi connectivity index (χ3v) is 16.3. The van der Waals surface area contributed by atoms with Crippen molar-refractivity contribution in [2.45, 2.75) is 101 Å². The highest BCUT2D eigenvalue weighted by Crippen LogP contribution is 2.36. The maximum Gasteiger partial charge on any atom is 0.243 e. The van der Waals surface area contributed by atoms with Gasteiger partial charge in [0, 0.05) is 60.5 Å². The van der Waals surface area contributed by atoms with E-state index in [9.17, 15) is 16.8 Å². The first-order valence-electron chi connectivity index (χ1n) is 20.8. The van der Waals surface area contributed by atoms with E-state index in [0.717, 1.165) is 58.0 Å². The van der Waals surface area contributed by atoms with Crippen molar-refractivity contribution >= 4 is 31.5 Å². The van der Waals surface area contributed by atoms with Crippen molar-refractivity contribution in [3.8, 4) is 0 Å². The van der Waals surface area contributed by atoms with E-state index in [2.05, 4.69) is 51.6 Å². The molecule has 2 aromatic rings. The molecule has 308 valence electrons. The lowest BCUT2D eigenvalue weighted by Crippen LogP contribution is -2.42. The van der Waals surface area contributed by atoms with Crippen molar-refractivity contribution < 1.29 is 26.5 Å². The van der Waals surface area contributed by atoms with Gasteiger partial charge < -0.3 is 19.5 Å². The molecular weight excluding hydrogens is 749 g/mol. The number of nitrogens with zero attached hydrogens (tertiary/aromatic N) is 6. The fourth-order valence-corrected chi connectivity index (χ4v) is 13.3. The number of fused-ring (bicyclic) bond motifs is 2. The second-order valence-electron chi connectivity index (χ2n) is 17.6. The van der Waals surface area contributed by atoms with Crippen molar-refractivity contribution in [2.75, 3.05) is 66.6 Å². The van der Waals surface area contributed by atoms with Gasteiger partial charge in [0.05, 0.1) is 9.79 Å². The van der Waals surface area contributed by atoms with Crippen LogP contribution in [0.2, 0.25) is 0 Å². The van der Waals surface area contributed by atoms with Crippen LogP contribution in [-0.4, -0.2) is 125 Å². The minimum absolute atomic E-state index is 0.158. The Morgan fingerprint density at radius 3 is 1.32 bits per heavy atom. The van der Waals surface area contributed by atoms with Crippen molar-refractivity contribution in [2.24, 2.45) is 34.0 Å². The number of piperidine rings is 2. The molecule has 56 heavy (non-hydrogen) atoms. The quantitative estimate of drug-likeness (QED) is 0.165. The van der Waals surface area contributed by atoms with Gasteiger partial charge in [-0.2, -0.15) is 8.61 Å². The standard InChI is InChI=1S/C42H62N6O6S2/c1-29-21-30(2)26-47(25-29)55(49,50)35-11-13-37-39(23-35)42(44-54-20-16-34-10-8-18-46(34)6)40-24-36(56(51,52)48-27-31(3)22-32(4)28-48)12-14-38(40)41(37)43-53-19-15-33-9-7-17-45(33)5/h11-14,23-24,29-34H,7-10,15-22,25-28H2,1-6H3.